The van der Waals surface area contributed by atoms with Crippen LogP contribution < -0.4 is 10.6 Å². The maximum atomic E-state index is 12.1. The lowest BCUT2D eigenvalue weighted by Crippen LogP contribution is -2.15. The molecule has 6 nitrogen and oxygen atoms in total. The first kappa shape index (κ1) is 14.4. The predicted octanol–water partition coefficient (Wildman–Crippen LogP) is 3.10. The average Bonchev–Trinajstić information content (AvgIpc) is 3.21. The summed E-state index contributed by atoms with van der Waals surface area (Å²) in [4.78, 5) is 32.2. The van der Waals surface area contributed by atoms with Crippen LogP contribution in [0.3, 0.4) is 0 Å². The zero-order valence-corrected chi connectivity index (χ0v) is 12.8. The molecule has 0 aliphatic carbocycles. The van der Waals surface area contributed by atoms with Crippen molar-refractivity contribution in [2.45, 2.75) is 0 Å². The first-order valence-corrected chi connectivity index (χ1v) is 8.00. The van der Waals surface area contributed by atoms with Crippen LogP contribution >= 0.6 is 22.7 Å². The second-order valence-electron chi connectivity index (χ2n) is 4.16. The molecule has 3 rings (SSSR count). The highest BCUT2D eigenvalue weighted by atomic mass is 32.1. The summed E-state index contributed by atoms with van der Waals surface area (Å²) in [6.45, 7) is 0. The minimum Gasteiger partial charge on any atom is -0.298 e. The van der Waals surface area contributed by atoms with Crippen molar-refractivity contribution in [3.63, 3.8) is 0 Å². The Balaban J connectivity index is 1.74. The van der Waals surface area contributed by atoms with Crippen LogP contribution in [0.1, 0.15) is 20.7 Å². The number of benzene rings is 1. The molecule has 0 aliphatic heterocycles. The number of carbonyl (C=O) groups is 2. The Kier molecular flexibility index (Phi) is 4.22. The predicted molar refractivity (Wildman–Crippen MR) is 86.6 cm³/mol. The van der Waals surface area contributed by atoms with Crippen LogP contribution in [0.2, 0.25) is 0 Å². The Morgan fingerprint density at radius 1 is 0.864 bits per heavy atom. The number of hydrogen-bond donors (Lipinski definition) is 2. The Morgan fingerprint density at radius 3 is 1.77 bits per heavy atom. The van der Waals surface area contributed by atoms with Crippen LogP contribution in [0.25, 0.3) is 0 Å². The largest absolute Gasteiger partial charge is 0.298 e. The second kappa shape index (κ2) is 6.46. The van der Waals surface area contributed by atoms with Gasteiger partial charge in [0.2, 0.25) is 0 Å². The van der Waals surface area contributed by atoms with Crippen molar-refractivity contribution in [2.24, 2.45) is 0 Å². The van der Waals surface area contributed by atoms with Gasteiger partial charge in [-0.3, -0.25) is 20.2 Å². The molecule has 2 aromatic heterocycles. The standard InChI is InChI=1S/C14H10N4O2S2/c19-11(17-13-15-4-6-21-13)9-2-1-3-10(8-9)12(20)18-14-16-5-7-22-14/h1-8H,(H,15,17,19)(H,16,18,20). The van der Waals surface area contributed by atoms with Gasteiger partial charge >= 0.3 is 0 Å². The molecule has 0 atom stereocenters. The molecule has 0 spiro atoms. The lowest BCUT2D eigenvalue weighted by molar-refractivity contribution is 0.102. The zero-order valence-electron chi connectivity index (χ0n) is 11.1. The number of nitrogens with one attached hydrogen (secondary N) is 2. The van der Waals surface area contributed by atoms with Gasteiger partial charge in [0.15, 0.2) is 10.3 Å². The van der Waals surface area contributed by atoms with E-state index >= 15 is 0 Å². The van der Waals surface area contributed by atoms with Crippen molar-refractivity contribution in [3.8, 4) is 0 Å². The third-order valence-corrected chi connectivity index (χ3v) is 4.07. The topological polar surface area (TPSA) is 84.0 Å². The molecule has 1 aromatic carbocycles. The fourth-order valence-electron chi connectivity index (χ4n) is 1.71. The van der Waals surface area contributed by atoms with Crippen LogP contribution in [-0.2, 0) is 0 Å². The fourth-order valence-corrected chi connectivity index (χ4v) is 2.76. The Morgan fingerprint density at radius 2 is 1.36 bits per heavy atom. The molecular weight excluding hydrogens is 320 g/mol. The van der Waals surface area contributed by atoms with E-state index in [1.54, 1.807) is 41.4 Å². The van der Waals surface area contributed by atoms with Crippen molar-refractivity contribution in [1.29, 1.82) is 0 Å². The van der Waals surface area contributed by atoms with Crippen molar-refractivity contribution >= 4 is 44.8 Å². The minimum absolute atomic E-state index is 0.307. The van der Waals surface area contributed by atoms with E-state index in [4.69, 9.17) is 0 Å². The molecule has 0 saturated heterocycles. The number of anilines is 2. The number of amides is 2. The summed E-state index contributed by atoms with van der Waals surface area (Å²) in [7, 11) is 0. The van der Waals surface area contributed by atoms with Gasteiger partial charge < -0.3 is 0 Å². The van der Waals surface area contributed by atoms with Crippen LogP contribution in [0.15, 0.2) is 47.4 Å². The molecule has 3 aromatic rings. The molecule has 2 N–H and O–H groups in total. The van der Waals surface area contributed by atoms with E-state index in [1.807, 2.05) is 0 Å². The molecule has 110 valence electrons. The van der Waals surface area contributed by atoms with Gasteiger partial charge in [-0.05, 0) is 18.2 Å². The molecule has 0 radical (unpaired) electrons. The van der Waals surface area contributed by atoms with Crippen LogP contribution in [-0.4, -0.2) is 21.8 Å². The molecule has 8 heteroatoms. The van der Waals surface area contributed by atoms with Crippen LogP contribution in [0, 0.1) is 0 Å². The van der Waals surface area contributed by atoms with E-state index < -0.39 is 0 Å². The summed E-state index contributed by atoms with van der Waals surface area (Å²) in [6, 6.07) is 6.48. The SMILES string of the molecule is O=C(Nc1nccs1)c1cccc(C(=O)Nc2nccs2)c1. The van der Waals surface area contributed by atoms with E-state index in [-0.39, 0.29) is 11.8 Å². The zero-order chi connectivity index (χ0) is 15.4. The number of carbonyl (C=O) groups excluding carboxylic acids is 2. The highest BCUT2D eigenvalue weighted by molar-refractivity contribution is 7.14. The molecule has 0 aliphatic rings. The molecule has 0 bridgehead atoms. The summed E-state index contributed by atoms with van der Waals surface area (Å²) < 4.78 is 0. The van der Waals surface area contributed by atoms with Gasteiger partial charge in [-0.2, -0.15) is 0 Å². The normalized spacial score (nSPS) is 10.2. The van der Waals surface area contributed by atoms with Gasteiger partial charge in [0.05, 0.1) is 0 Å². The molecule has 0 saturated carbocycles. The quantitative estimate of drug-likeness (QED) is 0.770. The van der Waals surface area contributed by atoms with Gasteiger partial charge in [0.25, 0.3) is 11.8 Å². The third-order valence-electron chi connectivity index (χ3n) is 2.69. The lowest BCUT2D eigenvalue weighted by Gasteiger charge is -2.05. The number of hydrogen-bond acceptors (Lipinski definition) is 6. The second-order valence-corrected chi connectivity index (χ2v) is 5.95. The number of aromatic nitrogens is 2. The maximum Gasteiger partial charge on any atom is 0.257 e. The summed E-state index contributed by atoms with van der Waals surface area (Å²) in [5.74, 6) is -0.613. The van der Waals surface area contributed by atoms with Crippen LogP contribution in [0.5, 0.6) is 0 Å². The van der Waals surface area contributed by atoms with E-state index in [0.29, 0.717) is 21.4 Å². The monoisotopic (exact) mass is 330 g/mol. The first-order valence-electron chi connectivity index (χ1n) is 6.24. The van der Waals surface area contributed by atoms with E-state index in [9.17, 15) is 9.59 Å². The first-order chi connectivity index (χ1) is 10.7. The van der Waals surface area contributed by atoms with Gasteiger partial charge in [0.1, 0.15) is 0 Å². The molecule has 0 unspecified atom stereocenters. The fraction of sp³-hybridized carbons (Fsp3) is 0. The smallest absolute Gasteiger partial charge is 0.257 e. The molecule has 0 fully saturated rings. The molecular formula is C14H10N4O2S2. The van der Waals surface area contributed by atoms with E-state index in [1.165, 1.54) is 28.7 Å². The lowest BCUT2D eigenvalue weighted by atomic mass is 10.1. The van der Waals surface area contributed by atoms with E-state index in [2.05, 4.69) is 20.6 Å². The van der Waals surface area contributed by atoms with Gasteiger partial charge in [-0.25, -0.2) is 9.97 Å². The molecule has 2 heterocycles. The van der Waals surface area contributed by atoms with Gasteiger partial charge in [-0.15, -0.1) is 22.7 Å². The highest BCUT2D eigenvalue weighted by Gasteiger charge is 2.12. The van der Waals surface area contributed by atoms with Crippen LogP contribution in [0.4, 0.5) is 10.3 Å². The van der Waals surface area contributed by atoms with Gasteiger partial charge in [-0.1, -0.05) is 6.07 Å². The minimum atomic E-state index is -0.307. The Hall–Kier alpha value is -2.58. The van der Waals surface area contributed by atoms with Crippen molar-refractivity contribution < 1.29 is 9.59 Å². The van der Waals surface area contributed by atoms with Gasteiger partial charge in [0, 0.05) is 34.3 Å². The van der Waals surface area contributed by atoms with Crippen molar-refractivity contribution in [2.75, 3.05) is 10.6 Å². The van der Waals surface area contributed by atoms with Crippen molar-refractivity contribution in [1.82, 2.24) is 9.97 Å². The third kappa shape index (κ3) is 3.35. The summed E-state index contributed by atoms with van der Waals surface area (Å²) >= 11 is 2.66. The van der Waals surface area contributed by atoms with E-state index in [0.717, 1.165) is 0 Å². The average molecular weight is 330 g/mol. The number of nitrogens with zero attached hydrogens (tertiary/aromatic N) is 2. The highest BCUT2D eigenvalue weighted by Crippen LogP contribution is 2.15. The summed E-state index contributed by atoms with van der Waals surface area (Å²) in [5.41, 5.74) is 0.781. The number of rotatable bonds is 4. The maximum absolute atomic E-state index is 12.1. The Labute approximate surface area is 133 Å². The molecule has 2 amide bonds. The Bertz CT molecular complexity index is 722. The summed E-state index contributed by atoms with van der Waals surface area (Å²) in [6.07, 6.45) is 3.22. The van der Waals surface area contributed by atoms with Crippen molar-refractivity contribution in [3.05, 3.63) is 58.5 Å². The summed E-state index contributed by atoms with van der Waals surface area (Å²) in [5, 5.41) is 9.93. The molecule has 22 heavy (non-hydrogen) atoms. The number of thiazole rings is 2.